The number of anilines is 1. The minimum atomic E-state index is -3.71. The first-order chi connectivity index (χ1) is 16.4. The zero-order valence-electron chi connectivity index (χ0n) is 18.0. The van der Waals surface area contributed by atoms with E-state index in [0.29, 0.717) is 34.0 Å². The van der Waals surface area contributed by atoms with Gasteiger partial charge in [-0.15, -0.1) is 21.5 Å². The number of sulfonamides is 1. The van der Waals surface area contributed by atoms with Gasteiger partial charge in [-0.25, -0.2) is 13.4 Å². The molecule has 34 heavy (non-hydrogen) atoms. The SMILES string of the molecule is O=S(=O)(CCN1CC2COCC2C1)N(Cc1ncc(-c2nnc(C(F)F)o2)s1)c1cccnc1. The van der Waals surface area contributed by atoms with Crippen molar-refractivity contribution in [1.82, 2.24) is 25.1 Å². The van der Waals surface area contributed by atoms with Gasteiger partial charge < -0.3 is 14.1 Å². The highest BCUT2D eigenvalue weighted by Gasteiger charge is 2.37. The molecule has 2 aliphatic heterocycles. The fourth-order valence-corrected chi connectivity index (χ4v) is 6.57. The molecule has 3 aromatic heterocycles. The molecule has 182 valence electrons. The van der Waals surface area contributed by atoms with Crippen molar-refractivity contribution in [3.63, 3.8) is 0 Å². The molecular weight excluding hydrogens is 490 g/mol. The van der Waals surface area contributed by atoms with Crippen LogP contribution in [0.25, 0.3) is 10.8 Å². The van der Waals surface area contributed by atoms with Gasteiger partial charge in [-0.05, 0) is 12.1 Å². The maximum absolute atomic E-state index is 13.4. The summed E-state index contributed by atoms with van der Waals surface area (Å²) in [4.78, 5) is 10.9. The summed E-state index contributed by atoms with van der Waals surface area (Å²) < 4.78 is 64.0. The minimum absolute atomic E-state index is 0.0341. The predicted octanol–water partition coefficient (Wildman–Crippen LogP) is 2.44. The fourth-order valence-electron chi connectivity index (χ4n) is 4.20. The van der Waals surface area contributed by atoms with Crippen molar-refractivity contribution in [2.24, 2.45) is 11.8 Å². The van der Waals surface area contributed by atoms with Crippen molar-refractivity contribution in [2.45, 2.75) is 13.0 Å². The van der Waals surface area contributed by atoms with E-state index in [-0.39, 0.29) is 18.2 Å². The van der Waals surface area contributed by atoms with E-state index >= 15 is 0 Å². The van der Waals surface area contributed by atoms with Crippen LogP contribution in [0.4, 0.5) is 14.5 Å². The van der Waals surface area contributed by atoms with Crippen molar-refractivity contribution in [1.29, 1.82) is 0 Å². The van der Waals surface area contributed by atoms with Gasteiger partial charge in [0.05, 0.1) is 43.6 Å². The van der Waals surface area contributed by atoms with Crippen molar-refractivity contribution >= 4 is 27.0 Å². The number of alkyl halides is 2. The number of thiazole rings is 1. The quantitative estimate of drug-likeness (QED) is 0.426. The molecule has 0 radical (unpaired) electrons. The lowest BCUT2D eigenvalue weighted by molar-refractivity contribution is 0.116. The standard InChI is InChI=1S/C20H22F2N6O4S2/c21-18(22)20-26-25-19(32-20)16-7-24-17(33-16)10-28(15-2-1-3-23-6-15)34(29,30)5-4-27-8-13-11-31-12-14(13)9-27/h1-3,6-7,13-14,18H,4-5,8-12H2. The smallest absolute Gasteiger partial charge is 0.314 e. The van der Waals surface area contributed by atoms with Gasteiger partial charge in [0.15, 0.2) is 0 Å². The Morgan fingerprint density at radius 2 is 2.00 bits per heavy atom. The van der Waals surface area contributed by atoms with Gasteiger partial charge in [0, 0.05) is 37.7 Å². The largest absolute Gasteiger partial charge is 0.414 e. The Labute approximate surface area is 198 Å². The second-order valence-corrected chi connectivity index (χ2v) is 11.3. The second-order valence-electron chi connectivity index (χ2n) is 8.22. The van der Waals surface area contributed by atoms with E-state index in [1.807, 2.05) is 0 Å². The lowest BCUT2D eigenvalue weighted by Crippen LogP contribution is -2.37. The van der Waals surface area contributed by atoms with E-state index in [0.717, 1.165) is 37.6 Å². The average molecular weight is 513 g/mol. The van der Waals surface area contributed by atoms with Crippen LogP contribution in [0.2, 0.25) is 0 Å². The normalized spacial score (nSPS) is 20.8. The van der Waals surface area contributed by atoms with Crippen LogP contribution in [0.3, 0.4) is 0 Å². The monoisotopic (exact) mass is 512 g/mol. The van der Waals surface area contributed by atoms with Gasteiger partial charge in [-0.1, -0.05) is 0 Å². The van der Waals surface area contributed by atoms with E-state index in [2.05, 4.69) is 25.1 Å². The summed E-state index contributed by atoms with van der Waals surface area (Å²) >= 11 is 1.10. The van der Waals surface area contributed by atoms with Crippen molar-refractivity contribution in [3.05, 3.63) is 41.6 Å². The van der Waals surface area contributed by atoms with Gasteiger partial charge in [0.1, 0.15) is 9.88 Å². The van der Waals surface area contributed by atoms with Crippen LogP contribution in [0, 0.1) is 11.8 Å². The summed E-state index contributed by atoms with van der Waals surface area (Å²) in [6.45, 7) is 3.55. The molecule has 5 heterocycles. The molecule has 3 aromatic rings. The Balaban J connectivity index is 1.32. The van der Waals surface area contributed by atoms with Gasteiger partial charge in [-0.2, -0.15) is 8.78 Å². The Bertz CT molecular complexity index is 1210. The summed E-state index contributed by atoms with van der Waals surface area (Å²) in [5.41, 5.74) is 0.420. The highest BCUT2D eigenvalue weighted by atomic mass is 32.2. The second kappa shape index (κ2) is 9.60. The van der Waals surface area contributed by atoms with E-state index < -0.39 is 22.3 Å². The Morgan fingerprint density at radius 1 is 1.21 bits per heavy atom. The van der Waals surface area contributed by atoms with E-state index in [4.69, 9.17) is 9.15 Å². The first-order valence-electron chi connectivity index (χ1n) is 10.7. The van der Waals surface area contributed by atoms with Gasteiger partial charge in [0.25, 0.3) is 11.8 Å². The number of likely N-dealkylation sites (tertiary alicyclic amines) is 1. The fraction of sp³-hybridized carbons (Fsp3) is 0.500. The number of aromatic nitrogens is 4. The first kappa shape index (κ1) is 23.2. The summed E-state index contributed by atoms with van der Waals surface area (Å²) in [6.07, 6.45) is 1.58. The van der Waals surface area contributed by atoms with Crippen molar-refractivity contribution in [2.75, 3.05) is 42.9 Å². The van der Waals surface area contributed by atoms with Crippen LogP contribution in [0.15, 0.2) is 35.1 Å². The first-order valence-corrected chi connectivity index (χ1v) is 13.1. The van der Waals surface area contributed by atoms with Crippen molar-refractivity contribution < 1.29 is 26.4 Å². The molecule has 5 rings (SSSR count). The predicted molar refractivity (Wildman–Crippen MR) is 119 cm³/mol. The third-order valence-electron chi connectivity index (χ3n) is 5.92. The molecule has 0 spiro atoms. The molecule has 2 saturated heterocycles. The van der Waals surface area contributed by atoms with Crippen LogP contribution in [-0.2, 0) is 21.3 Å². The van der Waals surface area contributed by atoms with E-state index in [1.54, 1.807) is 18.3 Å². The molecule has 0 N–H and O–H groups in total. The Kier molecular flexibility index (Phi) is 6.55. The Hall–Kier alpha value is -2.55. The molecular formula is C20H22F2N6O4S2. The van der Waals surface area contributed by atoms with Gasteiger partial charge in [0.2, 0.25) is 10.0 Å². The number of pyridine rings is 1. The summed E-state index contributed by atoms with van der Waals surface area (Å²) in [7, 11) is -3.71. The number of halogens is 2. The van der Waals surface area contributed by atoms with Crippen LogP contribution in [0.5, 0.6) is 0 Å². The van der Waals surface area contributed by atoms with E-state index in [9.17, 15) is 17.2 Å². The number of ether oxygens (including phenoxy) is 1. The molecule has 0 aliphatic carbocycles. The van der Waals surface area contributed by atoms with Crippen LogP contribution in [0.1, 0.15) is 17.3 Å². The van der Waals surface area contributed by atoms with Crippen LogP contribution >= 0.6 is 11.3 Å². The lowest BCUT2D eigenvalue weighted by Gasteiger charge is -2.25. The van der Waals surface area contributed by atoms with Gasteiger partial charge >= 0.3 is 6.43 Å². The molecule has 0 amide bonds. The number of nitrogens with zero attached hydrogens (tertiary/aromatic N) is 6. The molecule has 0 saturated carbocycles. The van der Waals surface area contributed by atoms with Crippen molar-refractivity contribution in [3.8, 4) is 10.8 Å². The highest BCUT2D eigenvalue weighted by Crippen LogP contribution is 2.31. The third-order valence-corrected chi connectivity index (χ3v) is 8.60. The van der Waals surface area contributed by atoms with E-state index in [1.165, 1.54) is 16.7 Å². The average Bonchev–Trinajstić information content (AvgIpc) is 3.60. The zero-order valence-corrected chi connectivity index (χ0v) is 19.6. The number of rotatable bonds is 9. The Morgan fingerprint density at radius 3 is 2.68 bits per heavy atom. The van der Waals surface area contributed by atoms with Crippen LogP contribution < -0.4 is 4.31 Å². The summed E-state index contributed by atoms with van der Waals surface area (Å²) in [5.74, 6) is 0.0322. The van der Waals surface area contributed by atoms with Crippen LogP contribution in [-0.4, -0.2) is 72.1 Å². The topological polar surface area (TPSA) is 115 Å². The molecule has 0 bridgehead atoms. The number of hydrogen-bond donors (Lipinski definition) is 0. The zero-order chi connectivity index (χ0) is 23.7. The molecule has 10 nitrogen and oxygen atoms in total. The summed E-state index contributed by atoms with van der Waals surface area (Å²) in [6, 6.07) is 3.33. The molecule has 14 heteroatoms. The molecule has 2 fully saturated rings. The summed E-state index contributed by atoms with van der Waals surface area (Å²) in [5, 5.41) is 7.39. The number of hydrogen-bond acceptors (Lipinski definition) is 10. The molecule has 2 unspecified atom stereocenters. The third kappa shape index (κ3) is 4.94. The molecule has 2 atom stereocenters. The molecule has 0 aromatic carbocycles. The molecule has 2 aliphatic rings. The van der Waals surface area contributed by atoms with Gasteiger partial charge in [-0.3, -0.25) is 9.29 Å². The lowest BCUT2D eigenvalue weighted by atomic mass is 10.0. The maximum atomic E-state index is 13.4. The minimum Gasteiger partial charge on any atom is -0.414 e. The maximum Gasteiger partial charge on any atom is 0.314 e. The highest BCUT2D eigenvalue weighted by molar-refractivity contribution is 7.92. The number of fused-ring (bicyclic) bond motifs is 1.